The molecule has 0 amide bonds. The highest BCUT2D eigenvalue weighted by atomic mass is 16.6. The average Bonchev–Trinajstić information content (AvgIpc) is 3.00. The van der Waals surface area contributed by atoms with E-state index in [0.29, 0.717) is 0 Å². The average molecular weight is 302 g/mol. The van der Waals surface area contributed by atoms with E-state index in [1.165, 1.54) is 6.33 Å². The van der Waals surface area contributed by atoms with Crippen molar-refractivity contribution >= 4 is 11.2 Å². The van der Waals surface area contributed by atoms with E-state index in [2.05, 4.69) is 24.7 Å². The molecule has 3 heterocycles. The predicted octanol–water partition coefficient (Wildman–Crippen LogP) is -3.64. The van der Waals surface area contributed by atoms with Crippen molar-refractivity contribution in [2.75, 3.05) is 6.61 Å². The lowest BCUT2D eigenvalue weighted by Gasteiger charge is -2.09. The molecule has 11 nitrogen and oxygen atoms in total. The molecular weight excluding hydrogens is 288 g/mol. The molecule has 0 saturated carbocycles. The molecule has 0 bridgehead atoms. The molecule has 1 fully saturated rings. The van der Waals surface area contributed by atoms with Crippen LogP contribution < -0.4 is 11.2 Å². The first-order chi connectivity index (χ1) is 9.93. The predicted molar refractivity (Wildman–Crippen MR) is 67.3 cm³/mol. The summed E-state index contributed by atoms with van der Waals surface area (Å²) < 4.78 is 4.54. The van der Waals surface area contributed by atoms with Crippen molar-refractivity contribution in [3.8, 4) is 0 Å². The number of rotatable bonds is 1. The van der Waals surface area contributed by atoms with Crippen molar-refractivity contribution in [2.24, 2.45) is 0 Å². The minimum Gasteiger partial charge on any atom is -0.394 e. The zero-order valence-corrected chi connectivity index (χ0v) is 10.6. The van der Waals surface area contributed by atoms with Gasteiger partial charge in [0, 0.05) is 0 Å². The maximum atomic E-state index is 10.9. The molecule has 0 radical (unpaired) electrons. The molecule has 2 aromatic rings. The number of aliphatic hydroxyl groups is 4. The van der Waals surface area contributed by atoms with E-state index in [1.54, 1.807) is 0 Å². The number of hydrogen-bond donors (Lipinski definition) is 7. The number of ether oxygens (including phenoxy) is 1. The molecule has 21 heavy (non-hydrogen) atoms. The summed E-state index contributed by atoms with van der Waals surface area (Å²) in [6.07, 6.45) is -3.41. The van der Waals surface area contributed by atoms with Crippen LogP contribution >= 0.6 is 0 Å². The van der Waals surface area contributed by atoms with E-state index in [0.717, 1.165) is 0 Å². The van der Waals surface area contributed by atoms with Crippen LogP contribution in [0.3, 0.4) is 0 Å². The summed E-state index contributed by atoms with van der Waals surface area (Å²) in [5.41, 5.74) is -0.445. The molecule has 1 saturated heterocycles. The molecule has 7 N–H and O–H groups in total. The van der Waals surface area contributed by atoms with Gasteiger partial charge in [-0.05, 0) is 0 Å². The molecule has 1 unspecified atom stereocenters. The number of aromatic amines is 3. The van der Waals surface area contributed by atoms with Gasteiger partial charge in [-0.25, -0.2) is 9.78 Å². The number of hydrogen-bond acceptors (Lipinski definition) is 8. The van der Waals surface area contributed by atoms with E-state index in [-0.39, 0.29) is 11.2 Å². The minimum absolute atomic E-state index is 0.277. The summed E-state index contributed by atoms with van der Waals surface area (Å²) in [6.45, 7) is -0.407. The third kappa shape index (κ3) is 3.17. The van der Waals surface area contributed by atoms with Crippen LogP contribution in [0.4, 0.5) is 0 Å². The van der Waals surface area contributed by atoms with Gasteiger partial charge in [0.2, 0.25) is 0 Å². The minimum atomic E-state index is -1.38. The Labute approximate surface area is 115 Å². The highest BCUT2D eigenvalue weighted by molar-refractivity contribution is 5.67. The zero-order valence-electron chi connectivity index (χ0n) is 10.6. The number of aliphatic hydroxyl groups excluding tert-OH is 4. The van der Waals surface area contributed by atoms with Gasteiger partial charge in [0.25, 0.3) is 5.56 Å². The second-order valence-corrected chi connectivity index (χ2v) is 4.26. The Balaban J connectivity index is 0.000000155. The number of aromatic nitrogens is 4. The maximum Gasteiger partial charge on any atom is 0.327 e. The lowest BCUT2D eigenvalue weighted by molar-refractivity contribution is -0.132. The third-order valence-corrected chi connectivity index (χ3v) is 2.84. The molecule has 0 aromatic carbocycles. The van der Waals surface area contributed by atoms with Crippen LogP contribution in [0.5, 0.6) is 0 Å². The molecule has 0 spiro atoms. The second kappa shape index (κ2) is 6.15. The Morgan fingerprint density at radius 1 is 1.19 bits per heavy atom. The van der Waals surface area contributed by atoms with Crippen LogP contribution in [-0.2, 0) is 4.74 Å². The fraction of sp³-hybridized carbons (Fsp3) is 0.500. The van der Waals surface area contributed by atoms with Crippen molar-refractivity contribution in [1.82, 2.24) is 19.9 Å². The molecule has 0 aliphatic carbocycles. The zero-order chi connectivity index (χ0) is 15.6. The van der Waals surface area contributed by atoms with Gasteiger partial charge in [0.15, 0.2) is 11.9 Å². The molecule has 4 atom stereocenters. The van der Waals surface area contributed by atoms with E-state index >= 15 is 0 Å². The number of H-pyrrole nitrogens is 3. The summed E-state index contributed by atoms with van der Waals surface area (Å²) in [5.74, 6) is 0. The summed E-state index contributed by atoms with van der Waals surface area (Å²) in [4.78, 5) is 32.3. The van der Waals surface area contributed by atoms with Gasteiger partial charge in [0.1, 0.15) is 23.8 Å². The fourth-order valence-electron chi connectivity index (χ4n) is 1.75. The van der Waals surface area contributed by atoms with Gasteiger partial charge in [-0.15, -0.1) is 0 Å². The summed E-state index contributed by atoms with van der Waals surface area (Å²) >= 11 is 0. The van der Waals surface area contributed by atoms with E-state index in [4.69, 9.17) is 20.4 Å². The molecule has 3 rings (SSSR count). The lowest BCUT2D eigenvalue weighted by Crippen LogP contribution is -2.33. The largest absolute Gasteiger partial charge is 0.394 e. The molecule has 2 aromatic heterocycles. The highest BCUT2D eigenvalue weighted by Crippen LogP contribution is 2.18. The number of nitrogens with zero attached hydrogens (tertiary/aromatic N) is 1. The maximum absolute atomic E-state index is 10.9. The topological polar surface area (TPSA) is 185 Å². The second-order valence-electron chi connectivity index (χ2n) is 4.26. The fourth-order valence-corrected chi connectivity index (χ4v) is 1.75. The Bertz CT molecular complexity index is 707. The first kappa shape index (κ1) is 15.3. The quantitative estimate of drug-likeness (QED) is 0.281. The SMILES string of the molecule is O=c1[nH]c(=O)c2[nH]cnc2[nH]1.OC[C@H]1OC(O)[C@H](O)[C@@H]1O. The van der Waals surface area contributed by atoms with Crippen LogP contribution in [0, 0.1) is 0 Å². The summed E-state index contributed by atoms with van der Waals surface area (Å²) in [5, 5.41) is 35.0. The van der Waals surface area contributed by atoms with Gasteiger partial charge >= 0.3 is 5.69 Å². The van der Waals surface area contributed by atoms with Gasteiger partial charge in [0.05, 0.1) is 12.9 Å². The molecule has 116 valence electrons. The normalized spacial score (nSPS) is 28.4. The van der Waals surface area contributed by atoms with E-state index in [9.17, 15) is 9.59 Å². The van der Waals surface area contributed by atoms with Crippen LogP contribution in [0.2, 0.25) is 0 Å². The monoisotopic (exact) mass is 302 g/mol. The molecular formula is C10H14N4O7. The summed E-state index contributed by atoms with van der Waals surface area (Å²) in [7, 11) is 0. The number of fused-ring (bicyclic) bond motifs is 1. The Morgan fingerprint density at radius 2 is 1.90 bits per heavy atom. The number of imidazole rings is 1. The van der Waals surface area contributed by atoms with E-state index in [1.807, 2.05) is 0 Å². The first-order valence-corrected chi connectivity index (χ1v) is 5.90. The van der Waals surface area contributed by atoms with Crippen LogP contribution in [-0.4, -0.2) is 71.6 Å². The van der Waals surface area contributed by atoms with Gasteiger partial charge in [-0.2, -0.15) is 0 Å². The van der Waals surface area contributed by atoms with Crippen molar-refractivity contribution in [3.05, 3.63) is 27.2 Å². The molecule has 11 heteroatoms. The molecule has 1 aliphatic heterocycles. The molecule has 1 aliphatic rings. The van der Waals surface area contributed by atoms with Crippen LogP contribution in [0.15, 0.2) is 15.9 Å². The van der Waals surface area contributed by atoms with Crippen molar-refractivity contribution in [1.29, 1.82) is 0 Å². The van der Waals surface area contributed by atoms with Crippen LogP contribution in [0.1, 0.15) is 0 Å². The summed E-state index contributed by atoms with van der Waals surface area (Å²) in [6, 6.07) is 0. The van der Waals surface area contributed by atoms with Crippen molar-refractivity contribution in [3.63, 3.8) is 0 Å². The Morgan fingerprint density at radius 3 is 2.43 bits per heavy atom. The van der Waals surface area contributed by atoms with Gasteiger partial charge in [-0.3, -0.25) is 14.8 Å². The Hall–Kier alpha value is -2.05. The number of nitrogens with one attached hydrogen (secondary N) is 3. The standard InChI is InChI=1S/C5H4N4O2.C5H10O5/c10-4-2-3(7-1-6-2)8-5(11)9-4;6-1-2-3(7)4(8)5(9)10-2/h1H,(H3,6,7,8,9,10,11);2-9H,1H2/t;2-,3-,4-,5?/m.1/s1. The van der Waals surface area contributed by atoms with Crippen molar-refractivity contribution < 1.29 is 25.2 Å². The first-order valence-electron chi connectivity index (χ1n) is 5.90. The smallest absolute Gasteiger partial charge is 0.327 e. The van der Waals surface area contributed by atoms with Crippen molar-refractivity contribution in [2.45, 2.75) is 24.6 Å². The lowest BCUT2D eigenvalue weighted by atomic mass is 10.1. The Kier molecular flexibility index (Phi) is 4.50. The highest BCUT2D eigenvalue weighted by Gasteiger charge is 2.41. The van der Waals surface area contributed by atoms with E-state index < -0.39 is 42.5 Å². The van der Waals surface area contributed by atoms with Crippen LogP contribution in [0.25, 0.3) is 11.2 Å². The van der Waals surface area contributed by atoms with Gasteiger partial charge in [-0.1, -0.05) is 0 Å². The van der Waals surface area contributed by atoms with Gasteiger partial charge < -0.3 is 30.1 Å². The third-order valence-electron chi connectivity index (χ3n) is 2.84.